The summed E-state index contributed by atoms with van der Waals surface area (Å²) in [5, 5.41) is 5.53. The standard InChI is InChI=1S/C18H12Cl3N3O3/c19-12-3-1-11(2-4-12)18(8-24-10-22-9-23-24)16(26-17(25)27-18)14-6-5-13(20)7-15(14)21/h1-7,9-10,16H,8H2. The highest BCUT2D eigenvalue weighted by molar-refractivity contribution is 6.35. The molecule has 0 radical (unpaired) electrons. The normalized spacial score (nSPS) is 21.7. The van der Waals surface area contributed by atoms with E-state index in [0.717, 1.165) is 0 Å². The molecule has 2 unspecified atom stereocenters. The molecule has 2 aromatic carbocycles. The Balaban J connectivity index is 1.88. The van der Waals surface area contributed by atoms with Crippen molar-refractivity contribution >= 4 is 41.0 Å². The maximum atomic E-state index is 12.2. The Kier molecular flexibility index (Phi) is 4.72. The average Bonchev–Trinajstić information content (AvgIpc) is 3.24. The molecule has 1 fully saturated rings. The zero-order chi connectivity index (χ0) is 19.0. The topological polar surface area (TPSA) is 66.2 Å². The number of cyclic esters (lactones) is 2. The van der Waals surface area contributed by atoms with Crippen LogP contribution < -0.4 is 0 Å². The van der Waals surface area contributed by atoms with Crippen LogP contribution in [0.4, 0.5) is 4.79 Å². The summed E-state index contributed by atoms with van der Waals surface area (Å²) >= 11 is 18.4. The molecular formula is C18H12Cl3N3O3. The van der Waals surface area contributed by atoms with Gasteiger partial charge >= 0.3 is 6.16 Å². The van der Waals surface area contributed by atoms with Crippen molar-refractivity contribution in [1.82, 2.24) is 14.8 Å². The van der Waals surface area contributed by atoms with E-state index in [4.69, 9.17) is 44.3 Å². The third kappa shape index (κ3) is 3.36. The van der Waals surface area contributed by atoms with Crippen molar-refractivity contribution in [2.75, 3.05) is 0 Å². The first-order valence-electron chi connectivity index (χ1n) is 7.91. The number of carbonyl (C=O) groups excluding carboxylic acids is 1. The SMILES string of the molecule is O=C1OC(c2ccc(Cl)cc2Cl)C(Cn2cncn2)(c2ccc(Cl)cc2)O1. The number of ether oxygens (including phenoxy) is 2. The molecule has 0 amide bonds. The van der Waals surface area contributed by atoms with E-state index in [9.17, 15) is 4.79 Å². The minimum atomic E-state index is -1.22. The number of halogens is 3. The number of rotatable bonds is 4. The van der Waals surface area contributed by atoms with Gasteiger partial charge in [-0.3, -0.25) is 0 Å². The van der Waals surface area contributed by atoms with Crippen LogP contribution in [0.1, 0.15) is 17.2 Å². The van der Waals surface area contributed by atoms with Crippen molar-refractivity contribution in [1.29, 1.82) is 0 Å². The number of carbonyl (C=O) groups is 1. The van der Waals surface area contributed by atoms with Crippen LogP contribution in [0.2, 0.25) is 15.1 Å². The quantitative estimate of drug-likeness (QED) is 0.549. The smallest absolute Gasteiger partial charge is 0.421 e. The number of hydrogen-bond donors (Lipinski definition) is 0. The second-order valence-corrected chi connectivity index (χ2v) is 7.29. The Labute approximate surface area is 169 Å². The van der Waals surface area contributed by atoms with Crippen molar-refractivity contribution in [3.8, 4) is 0 Å². The Hall–Kier alpha value is -2.28. The Bertz CT molecular complexity index is 979. The van der Waals surface area contributed by atoms with E-state index in [-0.39, 0.29) is 6.54 Å². The van der Waals surface area contributed by atoms with Gasteiger partial charge in [0, 0.05) is 26.2 Å². The highest BCUT2D eigenvalue weighted by Gasteiger charge is 2.54. The largest absolute Gasteiger partial charge is 0.510 e. The van der Waals surface area contributed by atoms with E-state index in [1.54, 1.807) is 47.1 Å². The molecule has 27 heavy (non-hydrogen) atoms. The zero-order valence-electron chi connectivity index (χ0n) is 13.7. The van der Waals surface area contributed by atoms with Gasteiger partial charge in [0.2, 0.25) is 5.60 Å². The van der Waals surface area contributed by atoms with Gasteiger partial charge in [-0.05, 0) is 24.3 Å². The third-order valence-corrected chi connectivity index (χ3v) is 5.16. The van der Waals surface area contributed by atoms with E-state index in [0.29, 0.717) is 26.2 Å². The fourth-order valence-electron chi connectivity index (χ4n) is 3.15. The van der Waals surface area contributed by atoms with E-state index in [2.05, 4.69) is 10.1 Å². The van der Waals surface area contributed by atoms with Crippen LogP contribution in [0.5, 0.6) is 0 Å². The number of hydrogen-bond acceptors (Lipinski definition) is 5. The number of nitrogens with zero attached hydrogens (tertiary/aromatic N) is 3. The Morgan fingerprint density at radius 1 is 1.07 bits per heavy atom. The van der Waals surface area contributed by atoms with Gasteiger partial charge < -0.3 is 9.47 Å². The molecule has 1 aromatic heterocycles. The van der Waals surface area contributed by atoms with Crippen LogP contribution in [-0.2, 0) is 21.6 Å². The van der Waals surface area contributed by atoms with E-state index in [1.165, 1.54) is 12.7 Å². The lowest BCUT2D eigenvalue weighted by Gasteiger charge is -2.31. The maximum Gasteiger partial charge on any atom is 0.510 e. The monoisotopic (exact) mass is 423 g/mol. The first-order valence-corrected chi connectivity index (χ1v) is 9.04. The molecule has 138 valence electrons. The predicted molar refractivity (Wildman–Crippen MR) is 99.9 cm³/mol. The minimum Gasteiger partial charge on any atom is -0.421 e. The summed E-state index contributed by atoms with van der Waals surface area (Å²) in [6, 6.07) is 12.0. The molecule has 0 N–H and O–H groups in total. The summed E-state index contributed by atoms with van der Waals surface area (Å²) < 4.78 is 12.8. The van der Waals surface area contributed by atoms with Gasteiger partial charge in [-0.25, -0.2) is 14.5 Å². The fourth-order valence-corrected chi connectivity index (χ4v) is 3.78. The average molecular weight is 425 g/mol. The van der Waals surface area contributed by atoms with Crippen LogP contribution in [0.25, 0.3) is 0 Å². The lowest BCUT2D eigenvalue weighted by Crippen LogP contribution is -2.37. The second-order valence-electron chi connectivity index (χ2n) is 6.01. The van der Waals surface area contributed by atoms with E-state index >= 15 is 0 Å². The van der Waals surface area contributed by atoms with Crippen molar-refractivity contribution in [3.63, 3.8) is 0 Å². The van der Waals surface area contributed by atoms with Crippen LogP contribution >= 0.6 is 34.8 Å². The molecule has 2 atom stereocenters. The summed E-state index contributed by atoms with van der Waals surface area (Å²) in [6.45, 7) is 0.171. The molecule has 0 bridgehead atoms. The van der Waals surface area contributed by atoms with Gasteiger partial charge in [0.25, 0.3) is 0 Å². The number of aromatic nitrogens is 3. The van der Waals surface area contributed by atoms with Crippen molar-refractivity contribution in [2.24, 2.45) is 0 Å². The van der Waals surface area contributed by atoms with Gasteiger partial charge in [0.05, 0.1) is 6.54 Å². The minimum absolute atomic E-state index is 0.171. The molecule has 1 saturated heterocycles. The van der Waals surface area contributed by atoms with Crippen LogP contribution in [-0.4, -0.2) is 20.9 Å². The van der Waals surface area contributed by atoms with E-state index in [1.807, 2.05) is 0 Å². The number of benzene rings is 2. The van der Waals surface area contributed by atoms with Gasteiger partial charge in [-0.2, -0.15) is 5.10 Å². The zero-order valence-corrected chi connectivity index (χ0v) is 15.9. The second kappa shape index (κ2) is 7.03. The molecule has 0 saturated carbocycles. The Morgan fingerprint density at radius 2 is 1.81 bits per heavy atom. The van der Waals surface area contributed by atoms with E-state index < -0.39 is 17.9 Å². The molecule has 0 aliphatic carbocycles. The van der Waals surface area contributed by atoms with Crippen molar-refractivity contribution in [3.05, 3.63) is 81.3 Å². The molecule has 0 spiro atoms. The van der Waals surface area contributed by atoms with Gasteiger partial charge in [-0.1, -0.05) is 53.0 Å². The molecule has 3 aromatic rings. The fraction of sp³-hybridized carbons (Fsp3) is 0.167. The van der Waals surface area contributed by atoms with Crippen LogP contribution in [0.15, 0.2) is 55.1 Å². The summed E-state index contributed by atoms with van der Waals surface area (Å²) in [4.78, 5) is 16.2. The molecule has 1 aliphatic rings. The van der Waals surface area contributed by atoms with Crippen molar-refractivity contribution in [2.45, 2.75) is 18.2 Å². The predicted octanol–water partition coefficient (Wildman–Crippen LogP) is 5.04. The molecule has 2 heterocycles. The van der Waals surface area contributed by atoms with Gasteiger partial charge in [0.1, 0.15) is 12.7 Å². The van der Waals surface area contributed by atoms with Crippen LogP contribution in [0, 0.1) is 0 Å². The highest BCUT2D eigenvalue weighted by atomic mass is 35.5. The summed E-state index contributed by atoms with van der Waals surface area (Å²) in [7, 11) is 0. The molecule has 1 aliphatic heterocycles. The molecular weight excluding hydrogens is 413 g/mol. The highest BCUT2D eigenvalue weighted by Crippen LogP contribution is 2.49. The summed E-state index contributed by atoms with van der Waals surface area (Å²) in [6.07, 6.45) is 1.31. The molecule has 9 heteroatoms. The van der Waals surface area contributed by atoms with Gasteiger partial charge in [0.15, 0.2) is 6.10 Å². The lowest BCUT2D eigenvalue weighted by molar-refractivity contribution is 0.00358. The summed E-state index contributed by atoms with van der Waals surface area (Å²) in [5.74, 6) is 0. The first kappa shape index (κ1) is 18.1. The maximum absolute atomic E-state index is 12.2. The third-order valence-electron chi connectivity index (χ3n) is 4.34. The van der Waals surface area contributed by atoms with Gasteiger partial charge in [-0.15, -0.1) is 0 Å². The summed E-state index contributed by atoms with van der Waals surface area (Å²) in [5.41, 5.74) is 0.0404. The Morgan fingerprint density at radius 3 is 2.48 bits per heavy atom. The first-order chi connectivity index (χ1) is 13.0. The van der Waals surface area contributed by atoms with Crippen LogP contribution in [0.3, 0.4) is 0 Å². The molecule has 6 nitrogen and oxygen atoms in total. The van der Waals surface area contributed by atoms with Crippen molar-refractivity contribution < 1.29 is 14.3 Å². The molecule has 4 rings (SSSR count). The lowest BCUT2D eigenvalue weighted by atomic mass is 9.84.